The minimum atomic E-state index is -4.21. The Morgan fingerprint density at radius 2 is 1.59 bits per heavy atom. The van der Waals surface area contributed by atoms with Gasteiger partial charge < -0.3 is 9.15 Å². The van der Waals surface area contributed by atoms with Gasteiger partial charge in [0.05, 0.1) is 6.61 Å². The van der Waals surface area contributed by atoms with Crippen LogP contribution in [0.25, 0.3) is 11.3 Å². The summed E-state index contributed by atoms with van der Waals surface area (Å²) in [5.74, 6) is -0.640. The van der Waals surface area contributed by atoms with Gasteiger partial charge in [0, 0.05) is 21.3 Å². The molecule has 1 N–H and O–H groups in total. The molecule has 0 saturated carbocycles. The smallest absolute Gasteiger partial charge is 0.343 e. The minimum Gasteiger partial charge on any atom is -0.462 e. The largest absolute Gasteiger partial charge is 0.462 e. The molecule has 0 amide bonds. The van der Waals surface area contributed by atoms with Crippen LogP contribution in [-0.2, 0) is 14.8 Å². The number of benzene rings is 2. The zero-order chi connectivity index (χ0) is 21.2. The Balaban J connectivity index is 2.18. The van der Waals surface area contributed by atoms with Gasteiger partial charge >= 0.3 is 5.97 Å². The van der Waals surface area contributed by atoms with Crippen molar-refractivity contribution in [3.63, 3.8) is 0 Å². The Labute approximate surface area is 178 Å². The molecule has 0 fully saturated rings. The van der Waals surface area contributed by atoms with Crippen molar-refractivity contribution in [3.8, 4) is 11.3 Å². The average molecular weight is 454 g/mol. The molecular formula is C20H17Cl2NO5S. The first-order chi connectivity index (χ1) is 13.7. The fourth-order valence-electron chi connectivity index (χ4n) is 2.74. The predicted octanol–water partition coefficient (Wildman–Crippen LogP) is 5.54. The molecule has 3 aromatic rings. The zero-order valence-corrected chi connectivity index (χ0v) is 17.9. The summed E-state index contributed by atoms with van der Waals surface area (Å²) in [6.45, 7) is 3.23. The molecule has 3 rings (SSSR count). The summed E-state index contributed by atoms with van der Waals surface area (Å²) in [7, 11) is -4.21. The Morgan fingerprint density at radius 1 is 1.03 bits per heavy atom. The summed E-state index contributed by atoms with van der Waals surface area (Å²) >= 11 is 11.8. The lowest BCUT2D eigenvalue weighted by atomic mass is 10.1. The second kappa shape index (κ2) is 8.49. The minimum absolute atomic E-state index is 0.0173. The van der Waals surface area contributed by atoms with E-state index in [0.717, 1.165) is 0 Å². The SMILES string of the molecule is CCOC(=O)c1c(C)oc(-c2ccc(Cl)cc2)c1S(=O)(=O)Nc1ccc(Cl)cc1. The van der Waals surface area contributed by atoms with Crippen molar-refractivity contribution in [1.82, 2.24) is 0 Å². The Hall–Kier alpha value is -2.48. The fraction of sp³-hybridized carbons (Fsp3) is 0.150. The molecule has 0 radical (unpaired) electrons. The molecule has 0 spiro atoms. The lowest BCUT2D eigenvalue weighted by Crippen LogP contribution is -2.18. The quantitative estimate of drug-likeness (QED) is 0.495. The lowest BCUT2D eigenvalue weighted by Gasteiger charge is -2.10. The fourth-order valence-corrected chi connectivity index (χ4v) is 4.44. The monoisotopic (exact) mass is 453 g/mol. The van der Waals surface area contributed by atoms with E-state index in [-0.39, 0.29) is 34.3 Å². The van der Waals surface area contributed by atoms with Crippen molar-refractivity contribution in [2.24, 2.45) is 0 Å². The molecule has 0 aliphatic carbocycles. The van der Waals surface area contributed by atoms with E-state index in [1.54, 1.807) is 43.3 Å². The molecule has 1 heterocycles. The maximum atomic E-state index is 13.3. The molecule has 1 aromatic heterocycles. The van der Waals surface area contributed by atoms with Crippen LogP contribution in [0.15, 0.2) is 57.8 Å². The molecule has 0 unspecified atom stereocenters. The maximum Gasteiger partial charge on any atom is 0.343 e. The van der Waals surface area contributed by atoms with Gasteiger partial charge in [-0.1, -0.05) is 23.2 Å². The van der Waals surface area contributed by atoms with E-state index in [2.05, 4.69) is 4.72 Å². The summed E-state index contributed by atoms with van der Waals surface area (Å²) in [6, 6.07) is 12.5. The molecule has 2 aromatic carbocycles. The second-order valence-electron chi connectivity index (χ2n) is 6.03. The molecule has 9 heteroatoms. The van der Waals surface area contributed by atoms with E-state index in [1.165, 1.54) is 19.1 Å². The van der Waals surface area contributed by atoms with Crippen molar-refractivity contribution in [2.45, 2.75) is 18.7 Å². The first-order valence-corrected chi connectivity index (χ1v) is 10.8. The Bertz CT molecular complexity index is 1140. The van der Waals surface area contributed by atoms with Crippen molar-refractivity contribution < 1.29 is 22.4 Å². The van der Waals surface area contributed by atoms with E-state index < -0.39 is 16.0 Å². The van der Waals surface area contributed by atoms with Crippen molar-refractivity contribution in [3.05, 3.63) is 69.9 Å². The van der Waals surface area contributed by atoms with E-state index in [0.29, 0.717) is 15.6 Å². The number of sulfonamides is 1. The summed E-state index contributed by atoms with van der Waals surface area (Å²) in [6.07, 6.45) is 0. The number of carbonyl (C=O) groups is 1. The highest BCUT2D eigenvalue weighted by Crippen LogP contribution is 2.37. The maximum absolute atomic E-state index is 13.3. The van der Waals surface area contributed by atoms with Gasteiger partial charge in [-0.3, -0.25) is 4.72 Å². The first-order valence-electron chi connectivity index (χ1n) is 8.57. The van der Waals surface area contributed by atoms with E-state index in [4.69, 9.17) is 32.4 Å². The van der Waals surface area contributed by atoms with E-state index >= 15 is 0 Å². The van der Waals surface area contributed by atoms with Crippen molar-refractivity contribution in [1.29, 1.82) is 0 Å². The van der Waals surface area contributed by atoms with Crippen LogP contribution in [-0.4, -0.2) is 21.0 Å². The third-order valence-electron chi connectivity index (χ3n) is 3.99. The summed E-state index contributed by atoms with van der Waals surface area (Å²) in [4.78, 5) is 12.2. The van der Waals surface area contributed by atoms with Gasteiger partial charge in [-0.05, 0) is 62.4 Å². The average Bonchev–Trinajstić information content (AvgIpc) is 3.02. The van der Waals surface area contributed by atoms with Crippen molar-refractivity contribution in [2.75, 3.05) is 11.3 Å². The summed E-state index contributed by atoms with van der Waals surface area (Å²) in [5.41, 5.74) is 0.577. The van der Waals surface area contributed by atoms with Crippen LogP contribution in [0.4, 0.5) is 5.69 Å². The Kier molecular flexibility index (Phi) is 6.21. The van der Waals surface area contributed by atoms with Crippen molar-refractivity contribution >= 4 is 44.9 Å². The number of rotatable bonds is 6. The highest BCUT2D eigenvalue weighted by atomic mass is 35.5. The summed E-state index contributed by atoms with van der Waals surface area (Å²) < 4.78 is 39.7. The van der Waals surface area contributed by atoms with Gasteiger partial charge in [0.1, 0.15) is 16.2 Å². The number of anilines is 1. The molecule has 0 aliphatic rings. The lowest BCUT2D eigenvalue weighted by molar-refractivity contribution is 0.0520. The second-order valence-corrected chi connectivity index (χ2v) is 8.52. The number of halogens is 2. The van der Waals surface area contributed by atoms with Gasteiger partial charge in [-0.15, -0.1) is 0 Å². The third kappa shape index (κ3) is 4.58. The van der Waals surface area contributed by atoms with Gasteiger partial charge in [0.25, 0.3) is 10.0 Å². The highest BCUT2D eigenvalue weighted by molar-refractivity contribution is 7.93. The van der Waals surface area contributed by atoms with Gasteiger partial charge in [-0.25, -0.2) is 13.2 Å². The molecule has 0 atom stereocenters. The number of hydrogen-bond acceptors (Lipinski definition) is 5. The van der Waals surface area contributed by atoms with E-state index in [9.17, 15) is 13.2 Å². The molecule has 0 saturated heterocycles. The predicted molar refractivity (Wildman–Crippen MR) is 112 cm³/mol. The van der Waals surface area contributed by atoms with Gasteiger partial charge in [-0.2, -0.15) is 0 Å². The van der Waals surface area contributed by atoms with Gasteiger partial charge in [0.2, 0.25) is 0 Å². The van der Waals surface area contributed by atoms with Crippen LogP contribution >= 0.6 is 23.2 Å². The van der Waals surface area contributed by atoms with Crippen LogP contribution in [0.5, 0.6) is 0 Å². The summed E-state index contributed by atoms with van der Waals surface area (Å²) in [5, 5.41) is 0.938. The zero-order valence-electron chi connectivity index (χ0n) is 15.5. The normalized spacial score (nSPS) is 11.3. The number of carbonyl (C=O) groups excluding carboxylic acids is 1. The first kappa shape index (κ1) is 21.2. The number of esters is 1. The van der Waals surface area contributed by atoms with Crippen LogP contribution in [0, 0.1) is 6.92 Å². The van der Waals surface area contributed by atoms with Gasteiger partial charge in [0.15, 0.2) is 5.76 Å². The van der Waals surface area contributed by atoms with E-state index in [1.807, 2.05) is 0 Å². The number of nitrogens with one attached hydrogen (secondary N) is 1. The number of ether oxygens (including phenoxy) is 1. The van der Waals surface area contributed by atoms with Crippen LogP contribution in [0.1, 0.15) is 23.0 Å². The molecular weight excluding hydrogens is 437 g/mol. The molecule has 152 valence electrons. The molecule has 6 nitrogen and oxygen atoms in total. The topological polar surface area (TPSA) is 85.6 Å². The standard InChI is InChI=1S/C20H17Cl2NO5S/c1-3-27-20(24)17-12(2)28-18(13-4-6-14(21)7-5-13)19(17)29(25,26)23-16-10-8-15(22)9-11-16/h4-11,23H,3H2,1-2H3. The third-order valence-corrected chi connectivity index (χ3v) is 5.93. The highest BCUT2D eigenvalue weighted by Gasteiger charge is 2.34. The van der Waals surface area contributed by atoms with Crippen LogP contribution in [0.2, 0.25) is 10.0 Å². The molecule has 0 aliphatic heterocycles. The van der Waals surface area contributed by atoms with Crippen LogP contribution in [0.3, 0.4) is 0 Å². The molecule has 29 heavy (non-hydrogen) atoms. The molecule has 0 bridgehead atoms. The van der Waals surface area contributed by atoms with Crippen LogP contribution < -0.4 is 4.72 Å². The number of furan rings is 1. The number of aryl methyl sites for hydroxylation is 1. The Morgan fingerprint density at radius 3 is 2.14 bits per heavy atom. The number of hydrogen-bond donors (Lipinski definition) is 1.